The number of nitrogens with zero attached hydrogens (tertiary/aromatic N) is 1. The highest BCUT2D eigenvalue weighted by atomic mass is 79.9. The summed E-state index contributed by atoms with van der Waals surface area (Å²) in [6, 6.07) is 7.89. The fourth-order valence-corrected chi connectivity index (χ4v) is 2.19. The predicted octanol–water partition coefficient (Wildman–Crippen LogP) is 1.89. The highest BCUT2D eigenvalue weighted by Gasteiger charge is 2.12. The number of rotatable bonds is 2. The van der Waals surface area contributed by atoms with E-state index in [1.807, 2.05) is 35.2 Å². The second-order valence-electron chi connectivity index (χ2n) is 3.96. The zero-order valence-corrected chi connectivity index (χ0v) is 11.1. The van der Waals surface area contributed by atoms with Gasteiger partial charge < -0.3 is 10.2 Å². The van der Waals surface area contributed by atoms with Crippen molar-refractivity contribution in [2.75, 3.05) is 26.2 Å². The minimum absolute atomic E-state index is 0.0893. The van der Waals surface area contributed by atoms with Gasteiger partial charge in [-0.15, -0.1) is 0 Å². The lowest BCUT2D eigenvalue weighted by atomic mass is 10.2. The number of hydrogen-bond donors (Lipinski definition) is 1. The lowest BCUT2D eigenvalue weighted by molar-refractivity contribution is -0.126. The molecule has 17 heavy (non-hydrogen) atoms. The molecule has 1 heterocycles. The molecule has 0 bridgehead atoms. The van der Waals surface area contributed by atoms with Gasteiger partial charge in [0.15, 0.2) is 0 Å². The summed E-state index contributed by atoms with van der Waals surface area (Å²) >= 11 is 3.41. The molecule has 4 heteroatoms. The Morgan fingerprint density at radius 3 is 2.82 bits per heavy atom. The van der Waals surface area contributed by atoms with Crippen molar-refractivity contribution in [2.45, 2.75) is 0 Å². The third kappa shape index (κ3) is 3.68. The third-order valence-corrected chi connectivity index (χ3v) is 3.19. The van der Waals surface area contributed by atoms with E-state index < -0.39 is 0 Å². The number of carbonyl (C=O) groups is 1. The SMILES string of the molecule is O=C(/C=C/c1cccc(Br)c1)N1CCNCC1. The average Bonchev–Trinajstić information content (AvgIpc) is 2.37. The Morgan fingerprint density at radius 2 is 2.12 bits per heavy atom. The zero-order chi connectivity index (χ0) is 12.1. The molecule has 0 atom stereocenters. The minimum Gasteiger partial charge on any atom is -0.337 e. The van der Waals surface area contributed by atoms with Crippen LogP contribution in [0.5, 0.6) is 0 Å². The van der Waals surface area contributed by atoms with E-state index in [4.69, 9.17) is 0 Å². The van der Waals surface area contributed by atoms with Gasteiger partial charge >= 0.3 is 0 Å². The maximum Gasteiger partial charge on any atom is 0.246 e. The predicted molar refractivity (Wildman–Crippen MR) is 72.6 cm³/mol. The first kappa shape index (κ1) is 12.3. The molecule has 1 aliphatic heterocycles. The van der Waals surface area contributed by atoms with Gasteiger partial charge in [0.25, 0.3) is 0 Å². The van der Waals surface area contributed by atoms with Crippen LogP contribution in [-0.4, -0.2) is 37.0 Å². The van der Waals surface area contributed by atoms with Crippen LogP contribution in [0.2, 0.25) is 0 Å². The first-order valence-corrected chi connectivity index (χ1v) is 6.48. The first-order chi connectivity index (χ1) is 8.25. The number of nitrogens with one attached hydrogen (secondary N) is 1. The van der Waals surface area contributed by atoms with E-state index in [-0.39, 0.29) is 5.91 Å². The summed E-state index contributed by atoms with van der Waals surface area (Å²) in [4.78, 5) is 13.7. The van der Waals surface area contributed by atoms with Crippen LogP contribution in [0.15, 0.2) is 34.8 Å². The number of halogens is 1. The van der Waals surface area contributed by atoms with E-state index in [0.29, 0.717) is 0 Å². The maximum atomic E-state index is 11.9. The van der Waals surface area contributed by atoms with E-state index >= 15 is 0 Å². The smallest absolute Gasteiger partial charge is 0.246 e. The van der Waals surface area contributed by atoms with Crippen LogP contribution in [0.25, 0.3) is 6.08 Å². The van der Waals surface area contributed by atoms with Gasteiger partial charge in [0.1, 0.15) is 0 Å². The van der Waals surface area contributed by atoms with Gasteiger partial charge in [0, 0.05) is 36.7 Å². The van der Waals surface area contributed by atoms with E-state index in [1.54, 1.807) is 6.08 Å². The van der Waals surface area contributed by atoms with Gasteiger partial charge in [-0.05, 0) is 23.8 Å². The maximum absolute atomic E-state index is 11.9. The lowest BCUT2D eigenvalue weighted by Gasteiger charge is -2.26. The van der Waals surface area contributed by atoms with Gasteiger partial charge in [0.2, 0.25) is 5.91 Å². The molecule has 0 saturated carbocycles. The fourth-order valence-electron chi connectivity index (χ4n) is 1.77. The third-order valence-electron chi connectivity index (χ3n) is 2.70. The Balaban J connectivity index is 1.97. The molecule has 0 unspecified atom stereocenters. The van der Waals surface area contributed by atoms with E-state index in [0.717, 1.165) is 36.2 Å². The molecular formula is C13H15BrN2O. The van der Waals surface area contributed by atoms with Crippen LogP contribution in [0.4, 0.5) is 0 Å². The molecule has 1 aromatic carbocycles. The van der Waals surface area contributed by atoms with Crippen LogP contribution >= 0.6 is 15.9 Å². The number of benzene rings is 1. The summed E-state index contributed by atoms with van der Waals surface area (Å²) in [5, 5.41) is 3.23. The molecule has 0 radical (unpaired) electrons. The fraction of sp³-hybridized carbons (Fsp3) is 0.308. The molecule has 0 aromatic heterocycles. The molecule has 3 nitrogen and oxygen atoms in total. The molecule has 1 N–H and O–H groups in total. The van der Waals surface area contributed by atoms with Crippen molar-refractivity contribution in [1.29, 1.82) is 0 Å². The summed E-state index contributed by atoms with van der Waals surface area (Å²) in [6.45, 7) is 3.36. The Labute approximate surface area is 110 Å². The number of hydrogen-bond acceptors (Lipinski definition) is 2. The summed E-state index contributed by atoms with van der Waals surface area (Å²) in [5.74, 6) is 0.0893. The van der Waals surface area contributed by atoms with Crippen LogP contribution in [0.3, 0.4) is 0 Å². The van der Waals surface area contributed by atoms with Crippen LogP contribution < -0.4 is 5.32 Å². The Morgan fingerprint density at radius 1 is 1.35 bits per heavy atom. The van der Waals surface area contributed by atoms with Crippen molar-refractivity contribution in [3.63, 3.8) is 0 Å². The van der Waals surface area contributed by atoms with Crippen LogP contribution in [0.1, 0.15) is 5.56 Å². The normalized spacial score (nSPS) is 16.4. The zero-order valence-electron chi connectivity index (χ0n) is 9.53. The van der Waals surface area contributed by atoms with E-state index in [2.05, 4.69) is 21.2 Å². The number of amides is 1. The molecule has 0 aliphatic carbocycles. The molecule has 1 aromatic rings. The monoisotopic (exact) mass is 294 g/mol. The van der Waals surface area contributed by atoms with Crippen molar-refractivity contribution in [2.24, 2.45) is 0 Å². The molecular weight excluding hydrogens is 280 g/mol. The molecule has 1 aliphatic rings. The summed E-state index contributed by atoms with van der Waals surface area (Å²) in [6.07, 6.45) is 3.50. The Bertz CT molecular complexity index is 425. The second kappa shape index (κ2) is 5.98. The van der Waals surface area contributed by atoms with Crippen LogP contribution in [0, 0.1) is 0 Å². The van der Waals surface area contributed by atoms with E-state index in [1.165, 1.54) is 0 Å². The molecule has 2 rings (SSSR count). The Hall–Kier alpha value is -1.13. The molecule has 1 saturated heterocycles. The van der Waals surface area contributed by atoms with Gasteiger partial charge in [-0.25, -0.2) is 0 Å². The van der Waals surface area contributed by atoms with E-state index in [9.17, 15) is 4.79 Å². The second-order valence-corrected chi connectivity index (χ2v) is 4.88. The highest BCUT2D eigenvalue weighted by Crippen LogP contribution is 2.12. The first-order valence-electron chi connectivity index (χ1n) is 5.69. The van der Waals surface area contributed by atoms with Crippen molar-refractivity contribution < 1.29 is 4.79 Å². The van der Waals surface area contributed by atoms with Crippen molar-refractivity contribution in [1.82, 2.24) is 10.2 Å². The van der Waals surface area contributed by atoms with Crippen molar-refractivity contribution in [3.05, 3.63) is 40.4 Å². The lowest BCUT2D eigenvalue weighted by Crippen LogP contribution is -2.45. The molecule has 0 spiro atoms. The summed E-state index contributed by atoms with van der Waals surface area (Å²) < 4.78 is 1.02. The van der Waals surface area contributed by atoms with Gasteiger partial charge in [0.05, 0.1) is 0 Å². The molecule has 1 amide bonds. The standard InChI is InChI=1S/C13H15BrN2O/c14-12-3-1-2-11(10-12)4-5-13(17)16-8-6-15-7-9-16/h1-5,10,15H,6-9H2/b5-4+. The van der Waals surface area contributed by atoms with Crippen molar-refractivity contribution in [3.8, 4) is 0 Å². The van der Waals surface area contributed by atoms with Crippen LogP contribution in [-0.2, 0) is 4.79 Å². The largest absolute Gasteiger partial charge is 0.337 e. The number of piperazine rings is 1. The topological polar surface area (TPSA) is 32.3 Å². The molecule has 1 fully saturated rings. The van der Waals surface area contributed by atoms with Gasteiger partial charge in [-0.2, -0.15) is 0 Å². The summed E-state index contributed by atoms with van der Waals surface area (Å²) in [5.41, 5.74) is 1.03. The molecule has 90 valence electrons. The highest BCUT2D eigenvalue weighted by molar-refractivity contribution is 9.10. The van der Waals surface area contributed by atoms with Gasteiger partial charge in [-0.1, -0.05) is 28.1 Å². The summed E-state index contributed by atoms with van der Waals surface area (Å²) in [7, 11) is 0. The number of carbonyl (C=O) groups excluding carboxylic acids is 1. The quantitative estimate of drug-likeness (QED) is 0.845. The van der Waals surface area contributed by atoms with Gasteiger partial charge in [-0.3, -0.25) is 4.79 Å². The minimum atomic E-state index is 0.0893. The Kier molecular flexibility index (Phi) is 4.34. The van der Waals surface area contributed by atoms with Crippen molar-refractivity contribution >= 4 is 27.9 Å². The average molecular weight is 295 g/mol.